The van der Waals surface area contributed by atoms with E-state index >= 15 is 0 Å². The molecule has 2 aliphatic rings. The molecule has 8 nitrogen and oxygen atoms in total. The topological polar surface area (TPSA) is 92.2 Å². The Morgan fingerprint density at radius 2 is 2.11 bits per heavy atom. The highest BCUT2D eigenvalue weighted by Gasteiger charge is 2.46. The van der Waals surface area contributed by atoms with E-state index in [2.05, 4.69) is 9.88 Å². The van der Waals surface area contributed by atoms with E-state index < -0.39 is 12.1 Å². The summed E-state index contributed by atoms with van der Waals surface area (Å²) in [4.78, 5) is 28.9. The van der Waals surface area contributed by atoms with Gasteiger partial charge in [0.1, 0.15) is 11.6 Å². The molecule has 3 rings (SSSR count). The highest BCUT2D eigenvalue weighted by Crippen LogP contribution is 2.33. The molecule has 3 heterocycles. The third kappa shape index (κ3) is 6.12. The number of aromatic nitrogens is 1. The summed E-state index contributed by atoms with van der Waals surface area (Å²) in [6.07, 6.45) is -3.18. The maximum atomic E-state index is 11.7. The number of thiazole rings is 1. The number of carbonyl (C=O) groups is 2. The Morgan fingerprint density at radius 3 is 2.64 bits per heavy atom. The summed E-state index contributed by atoms with van der Waals surface area (Å²) in [5.74, 6) is -2.39. The first-order valence-corrected chi connectivity index (χ1v) is 9.29. The van der Waals surface area contributed by atoms with Crippen molar-refractivity contribution in [2.45, 2.75) is 24.9 Å². The fourth-order valence-corrected chi connectivity index (χ4v) is 3.60. The van der Waals surface area contributed by atoms with Crippen LogP contribution in [0.2, 0.25) is 0 Å². The van der Waals surface area contributed by atoms with Crippen molar-refractivity contribution in [2.24, 2.45) is 5.92 Å². The Balaban J connectivity index is 0.000000345. The molecular formula is C16H22F3N3O5S. The number of aliphatic carboxylic acids is 1. The number of ether oxygens (including phenoxy) is 2. The highest BCUT2D eigenvalue weighted by atomic mass is 32.1. The number of likely N-dealkylation sites (tertiary alicyclic amines) is 1. The van der Waals surface area contributed by atoms with E-state index in [9.17, 15) is 18.0 Å². The normalized spacial score (nSPS) is 24.4. The SMILES string of the molecule is CN(C)C(=O)CO[C@H]1CN(Cc2nccs2)[C@@H]2COC[C@H]12.O=C(O)C(F)(F)F. The van der Waals surface area contributed by atoms with Crippen LogP contribution in [0.15, 0.2) is 11.6 Å². The minimum Gasteiger partial charge on any atom is -0.475 e. The molecule has 28 heavy (non-hydrogen) atoms. The Kier molecular flexibility index (Phi) is 7.75. The van der Waals surface area contributed by atoms with Gasteiger partial charge in [0.2, 0.25) is 5.91 Å². The lowest BCUT2D eigenvalue weighted by atomic mass is 10.0. The summed E-state index contributed by atoms with van der Waals surface area (Å²) in [5.41, 5.74) is 0. The smallest absolute Gasteiger partial charge is 0.475 e. The molecule has 0 radical (unpaired) electrons. The van der Waals surface area contributed by atoms with Crippen LogP contribution in [0.25, 0.3) is 0 Å². The zero-order chi connectivity index (χ0) is 20.9. The second-order valence-electron chi connectivity index (χ2n) is 6.56. The van der Waals surface area contributed by atoms with Crippen LogP contribution in [-0.4, -0.2) is 90.5 Å². The number of carbonyl (C=O) groups excluding carboxylic acids is 1. The largest absolute Gasteiger partial charge is 0.490 e. The van der Waals surface area contributed by atoms with Crippen LogP contribution < -0.4 is 0 Å². The molecule has 2 fully saturated rings. The first kappa shape index (κ1) is 22.5. The van der Waals surface area contributed by atoms with Gasteiger partial charge in [0.15, 0.2) is 0 Å². The van der Waals surface area contributed by atoms with Crippen LogP contribution in [0.1, 0.15) is 5.01 Å². The number of fused-ring (bicyclic) bond motifs is 1. The van der Waals surface area contributed by atoms with Crippen LogP contribution >= 0.6 is 11.3 Å². The van der Waals surface area contributed by atoms with Crippen LogP contribution in [0.3, 0.4) is 0 Å². The number of carboxylic acid groups (broad SMARTS) is 1. The van der Waals surface area contributed by atoms with Gasteiger partial charge in [0, 0.05) is 44.2 Å². The zero-order valence-corrected chi connectivity index (χ0v) is 16.2. The second kappa shape index (κ2) is 9.63. The van der Waals surface area contributed by atoms with Crippen LogP contribution in [-0.2, 0) is 25.6 Å². The van der Waals surface area contributed by atoms with Gasteiger partial charge in [-0.05, 0) is 0 Å². The van der Waals surface area contributed by atoms with Gasteiger partial charge in [0.05, 0.1) is 25.9 Å². The van der Waals surface area contributed by atoms with Crippen molar-refractivity contribution >= 4 is 23.2 Å². The Morgan fingerprint density at radius 1 is 1.43 bits per heavy atom. The average Bonchev–Trinajstić information content (AvgIpc) is 3.32. The van der Waals surface area contributed by atoms with Gasteiger partial charge in [0.25, 0.3) is 0 Å². The molecule has 2 aliphatic heterocycles. The predicted octanol–water partition coefficient (Wildman–Crippen LogP) is 1.08. The summed E-state index contributed by atoms with van der Waals surface area (Å²) in [6, 6.07) is 0.383. The number of amides is 1. The van der Waals surface area contributed by atoms with Crippen molar-refractivity contribution in [3.8, 4) is 0 Å². The fraction of sp³-hybridized carbons (Fsp3) is 0.688. The predicted molar refractivity (Wildman–Crippen MR) is 92.7 cm³/mol. The van der Waals surface area contributed by atoms with E-state index in [4.69, 9.17) is 19.4 Å². The van der Waals surface area contributed by atoms with Gasteiger partial charge >= 0.3 is 12.1 Å². The molecule has 0 saturated carbocycles. The lowest BCUT2D eigenvalue weighted by Gasteiger charge is -2.20. The lowest BCUT2D eigenvalue weighted by Crippen LogP contribution is -2.32. The minimum atomic E-state index is -5.08. The first-order valence-electron chi connectivity index (χ1n) is 8.41. The van der Waals surface area contributed by atoms with Crippen molar-refractivity contribution < 1.29 is 37.3 Å². The number of halogens is 3. The van der Waals surface area contributed by atoms with Gasteiger partial charge < -0.3 is 19.5 Å². The van der Waals surface area contributed by atoms with Gasteiger partial charge in [-0.3, -0.25) is 9.69 Å². The molecule has 0 spiro atoms. The summed E-state index contributed by atoms with van der Waals surface area (Å²) in [5, 5.41) is 10.2. The van der Waals surface area contributed by atoms with Gasteiger partial charge in [-0.2, -0.15) is 13.2 Å². The van der Waals surface area contributed by atoms with Crippen LogP contribution in [0.4, 0.5) is 13.2 Å². The molecule has 1 aromatic rings. The summed E-state index contributed by atoms with van der Waals surface area (Å²) in [6.45, 7) is 3.30. The van der Waals surface area contributed by atoms with Crippen molar-refractivity contribution in [1.29, 1.82) is 0 Å². The molecule has 1 aromatic heterocycles. The molecule has 12 heteroatoms. The Bertz CT molecular complexity index is 656. The molecule has 0 aliphatic carbocycles. The second-order valence-corrected chi connectivity index (χ2v) is 7.54. The Hall–Kier alpha value is -1.76. The van der Waals surface area contributed by atoms with Gasteiger partial charge in [-0.15, -0.1) is 11.3 Å². The first-order chi connectivity index (χ1) is 13.1. The third-order valence-corrected chi connectivity index (χ3v) is 5.20. The molecule has 1 amide bonds. The van der Waals surface area contributed by atoms with Gasteiger partial charge in [-0.25, -0.2) is 9.78 Å². The molecule has 0 aromatic carbocycles. The molecule has 2 saturated heterocycles. The number of carboxylic acids is 1. The fourth-order valence-electron chi connectivity index (χ4n) is 2.96. The van der Waals surface area contributed by atoms with E-state index in [1.807, 2.05) is 11.6 Å². The molecule has 3 atom stereocenters. The van der Waals surface area contributed by atoms with Gasteiger partial charge in [-0.1, -0.05) is 0 Å². The van der Waals surface area contributed by atoms with Crippen molar-refractivity contribution in [3.63, 3.8) is 0 Å². The van der Waals surface area contributed by atoms with Crippen LogP contribution in [0.5, 0.6) is 0 Å². The maximum absolute atomic E-state index is 11.7. The molecule has 158 valence electrons. The van der Waals surface area contributed by atoms with E-state index in [0.29, 0.717) is 12.0 Å². The molecule has 0 bridgehead atoms. The lowest BCUT2D eigenvalue weighted by molar-refractivity contribution is -0.192. The quantitative estimate of drug-likeness (QED) is 0.755. The maximum Gasteiger partial charge on any atom is 0.490 e. The van der Waals surface area contributed by atoms with Crippen LogP contribution in [0, 0.1) is 5.92 Å². The number of hydrogen-bond acceptors (Lipinski definition) is 7. The number of rotatable bonds is 5. The van der Waals surface area contributed by atoms with Crippen molar-refractivity contribution in [3.05, 3.63) is 16.6 Å². The third-order valence-electron chi connectivity index (χ3n) is 4.44. The average molecular weight is 425 g/mol. The van der Waals surface area contributed by atoms with E-state index in [1.165, 1.54) is 0 Å². The van der Waals surface area contributed by atoms with Crippen molar-refractivity contribution in [1.82, 2.24) is 14.8 Å². The Labute approximate surface area is 163 Å². The van der Waals surface area contributed by atoms with E-state index in [0.717, 1.165) is 31.3 Å². The standard InChI is InChI=1S/C14H21N3O3S.C2HF3O2/c1-16(2)14(18)9-20-12-5-17(6-13-15-3-4-21-13)11-8-19-7-10(11)12;3-2(4,5)1(6)7/h3-4,10-12H,5-9H2,1-2H3;(H,6,7)/t10-,11+,12-;/m0./s1. The highest BCUT2D eigenvalue weighted by molar-refractivity contribution is 7.09. The molecular weight excluding hydrogens is 403 g/mol. The minimum absolute atomic E-state index is 0.00355. The number of hydrogen-bond donors (Lipinski definition) is 1. The van der Waals surface area contributed by atoms with Crippen molar-refractivity contribution in [2.75, 3.05) is 40.5 Å². The molecule has 0 unspecified atom stereocenters. The summed E-state index contributed by atoms with van der Waals surface area (Å²) in [7, 11) is 3.49. The number of likely N-dealkylation sites (N-methyl/N-ethyl adjacent to an activating group) is 1. The monoisotopic (exact) mass is 425 g/mol. The number of nitrogens with zero attached hydrogens (tertiary/aromatic N) is 3. The summed E-state index contributed by atoms with van der Waals surface area (Å²) >= 11 is 1.67. The van der Waals surface area contributed by atoms with E-state index in [-0.39, 0.29) is 18.6 Å². The zero-order valence-electron chi connectivity index (χ0n) is 15.4. The molecule has 1 N–H and O–H groups in total. The van der Waals surface area contributed by atoms with E-state index in [1.54, 1.807) is 30.3 Å². The summed E-state index contributed by atoms with van der Waals surface area (Å²) < 4.78 is 43.2. The number of alkyl halides is 3.